The second-order valence-electron chi connectivity index (χ2n) is 8.66. The van der Waals surface area contributed by atoms with Gasteiger partial charge in [-0.1, -0.05) is 0 Å². The molecule has 0 unspecified atom stereocenters. The van der Waals surface area contributed by atoms with E-state index < -0.39 is 0 Å². The third kappa shape index (κ3) is 7.67. The van der Waals surface area contributed by atoms with Gasteiger partial charge in [-0.25, -0.2) is 4.98 Å². The molecule has 0 spiro atoms. The molecule has 2 aliphatic rings. The largest absolute Gasteiger partial charge is 0.444 e. The van der Waals surface area contributed by atoms with E-state index in [1.54, 1.807) is 0 Å². The predicted molar refractivity (Wildman–Crippen MR) is 132 cm³/mol. The van der Waals surface area contributed by atoms with E-state index >= 15 is 0 Å². The van der Waals surface area contributed by atoms with Gasteiger partial charge in [-0.3, -0.25) is 9.89 Å². The summed E-state index contributed by atoms with van der Waals surface area (Å²) < 4.78 is 11.2. The van der Waals surface area contributed by atoms with Gasteiger partial charge in [0.2, 0.25) is 5.89 Å². The van der Waals surface area contributed by atoms with Gasteiger partial charge in [-0.2, -0.15) is 0 Å². The van der Waals surface area contributed by atoms with Crippen LogP contribution in [0.5, 0.6) is 0 Å². The van der Waals surface area contributed by atoms with E-state index in [1.165, 1.54) is 32.1 Å². The Morgan fingerprint density at radius 3 is 2.47 bits per heavy atom. The number of nitrogens with one attached hydrogen (secondary N) is 1. The second-order valence-corrected chi connectivity index (χ2v) is 8.66. The van der Waals surface area contributed by atoms with Gasteiger partial charge in [-0.05, 0) is 70.9 Å². The zero-order valence-electron chi connectivity index (χ0n) is 19.2. The Balaban J connectivity index is 0.00000320. The van der Waals surface area contributed by atoms with Crippen molar-refractivity contribution in [2.45, 2.75) is 52.5 Å². The lowest BCUT2D eigenvalue weighted by Gasteiger charge is -2.32. The lowest BCUT2D eigenvalue weighted by molar-refractivity contribution is 0.0625. The Kier molecular flexibility index (Phi) is 10.9. The quantitative estimate of drug-likeness (QED) is 0.329. The van der Waals surface area contributed by atoms with E-state index in [-0.39, 0.29) is 24.0 Å². The second kappa shape index (κ2) is 12.9. The number of oxazole rings is 1. The van der Waals surface area contributed by atoms with Gasteiger partial charge in [0, 0.05) is 40.4 Å². The topological polar surface area (TPSA) is 66.1 Å². The van der Waals surface area contributed by atoms with Gasteiger partial charge in [0.15, 0.2) is 5.96 Å². The molecule has 0 bridgehead atoms. The molecule has 2 saturated heterocycles. The lowest BCUT2D eigenvalue weighted by atomic mass is 9.96. The summed E-state index contributed by atoms with van der Waals surface area (Å²) in [5.41, 5.74) is 1.01. The minimum Gasteiger partial charge on any atom is -0.444 e. The van der Waals surface area contributed by atoms with Crippen LogP contribution in [0.2, 0.25) is 0 Å². The van der Waals surface area contributed by atoms with Crippen LogP contribution in [-0.4, -0.2) is 74.2 Å². The van der Waals surface area contributed by atoms with Crippen molar-refractivity contribution in [1.82, 2.24) is 20.1 Å². The molecule has 0 saturated carbocycles. The molecule has 8 heteroatoms. The minimum absolute atomic E-state index is 0. The summed E-state index contributed by atoms with van der Waals surface area (Å²) in [4.78, 5) is 13.7. The number of nitrogens with zero attached hydrogens (tertiary/aromatic N) is 4. The standard InChI is InChI=1S/C22H39N5O2.HI/c1-17-18(2)29-21(25-17)16-27-11-6-20(7-12-27)15-24-22(23-3)26(4)10-5-19-8-13-28-14-9-19;/h19-20H,5-16H2,1-4H3,(H,23,24);1H. The molecule has 0 atom stereocenters. The van der Waals surface area contributed by atoms with Crippen LogP contribution in [0.4, 0.5) is 0 Å². The van der Waals surface area contributed by atoms with Crippen LogP contribution in [0.15, 0.2) is 9.41 Å². The smallest absolute Gasteiger partial charge is 0.208 e. The molecule has 30 heavy (non-hydrogen) atoms. The van der Waals surface area contributed by atoms with E-state index in [9.17, 15) is 0 Å². The molecule has 0 radical (unpaired) electrons. The Bertz CT molecular complexity index is 632. The number of piperidine rings is 1. The number of halogens is 1. The number of aryl methyl sites for hydroxylation is 2. The summed E-state index contributed by atoms with van der Waals surface area (Å²) >= 11 is 0. The Hall–Kier alpha value is -0.870. The van der Waals surface area contributed by atoms with Crippen LogP contribution in [0.3, 0.4) is 0 Å². The van der Waals surface area contributed by atoms with E-state index in [0.717, 1.165) is 75.2 Å². The summed E-state index contributed by atoms with van der Waals surface area (Å²) in [6.45, 7) is 10.9. The first-order valence-corrected chi connectivity index (χ1v) is 11.2. The minimum atomic E-state index is 0. The monoisotopic (exact) mass is 533 g/mol. The van der Waals surface area contributed by atoms with E-state index in [1.807, 2.05) is 20.9 Å². The molecule has 7 nitrogen and oxygen atoms in total. The fourth-order valence-corrected chi connectivity index (χ4v) is 4.28. The van der Waals surface area contributed by atoms with Crippen molar-refractivity contribution in [2.24, 2.45) is 16.8 Å². The molecular formula is C22H40IN5O2. The first-order valence-electron chi connectivity index (χ1n) is 11.2. The fraction of sp³-hybridized carbons (Fsp3) is 0.818. The lowest BCUT2D eigenvalue weighted by Crippen LogP contribution is -2.44. The maximum atomic E-state index is 5.74. The number of ether oxygens (including phenoxy) is 1. The van der Waals surface area contributed by atoms with E-state index in [4.69, 9.17) is 9.15 Å². The molecule has 1 N–H and O–H groups in total. The van der Waals surface area contributed by atoms with Gasteiger partial charge in [-0.15, -0.1) is 24.0 Å². The summed E-state index contributed by atoms with van der Waals surface area (Å²) in [6.07, 6.45) is 6.03. The molecule has 2 aliphatic heterocycles. The molecule has 0 aliphatic carbocycles. The Morgan fingerprint density at radius 1 is 1.17 bits per heavy atom. The highest BCUT2D eigenvalue weighted by molar-refractivity contribution is 14.0. The molecule has 3 heterocycles. The Morgan fingerprint density at radius 2 is 1.87 bits per heavy atom. The summed E-state index contributed by atoms with van der Waals surface area (Å²) in [7, 11) is 4.04. The molecule has 2 fully saturated rings. The van der Waals surface area contributed by atoms with Gasteiger partial charge in [0.05, 0.1) is 12.2 Å². The van der Waals surface area contributed by atoms with Crippen LogP contribution in [-0.2, 0) is 11.3 Å². The number of guanidine groups is 1. The third-order valence-electron chi connectivity index (χ3n) is 6.47. The highest BCUT2D eigenvalue weighted by Crippen LogP contribution is 2.20. The summed E-state index contributed by atoms with van der Waals surface area (Å²) in [6, 6.07) is 0. The van der Waals surface area contributed by atoms with Gasteiger partial charge in [0.1, 0.15) is 5.76 Å². The molecule has 1 aromatic rings. The molecule has 0 amide bonds. The first kappa shape index (κ1) is 25.4. The van der Waals surface area contributed by atoms with Gasteiger partial charge < -0.3 is 19.4 Å². The van der Waals surface area contributed by atoms with Crippen molar-refractivity contribution in [2.75, 3.05) is 53.5 Å². The highest BCUT2D eigenvalue weighted by Gasteiger charge is 2.22. The fourth-order valence-electron chi connectivity index (χ4n) is 4.28. The number of aliphatic imine (C=N–C) groups is 1. The Labute approximate surface area is 199 Å². The molecule has 3 rings (SSSR count). The van der Waals surface area contributed by atoms with Crippen molar-refractivity contribution in [1.29, 1.82) is 0 Å². The predicted octanol–water partition coefficient (Wildman–Crippen LogP) is 3.45. The van der Waals surface area contributed by atoms with Crippen molar-refractivity contribution >= 4 is 29.9 Å². The normalized spacial score (nSPS) is 19.5. The van der Waals surface area contributed by atoms with Crippen LogP contribution in [0.1, 0.15) is 49.4 Å². The maximum absolute atomic E-state index is 5.74. The van der Waals surface area contributed by atoms with Crippen LogP contribution >= 0.6 is 24.0 Å². The van der Waals surface area contributed by atoms with Crippen LogP contribution < -0.4 is 5.32 Å². The van der Waals surface area contributed by atoms with Crippen molar-refractivity contribution in [3.8, 4) is 0 Å². The average molecular weight is 533 g/mol. The molecule has 172 valence electrons. The first-order chi connectivity index (χ1) is 14.0. The summed E-state index contributed by atoms with van der Waals surface area (Å²) in [5.74, 6) is 4.30. The van der Waals surface area contributed by atoms with Crippen molar-refractivity contribution < 1.29 is 9.15 Å². The molecular weight excluding hydrogens is 493 g/mol. The average Bonchev–Trinajstić information content (AvgIpc) is 3.05. The SMILES string of the molecule is CN=C(NCC1CCN(Cc2nc(C)c(C)o2)CC1)N(C)CCC1CCOCC1.I. The van der Waals surface area contributed by atoms with Crippen LogP contribution in [0.25, 0.3) is 0 Å². The number of rotatable bonds is 7. The van der Waals surface area contributed by atoms with E-state index in [2.05, 4.69) is 32.1 Å². The van der Waals surface area contributed by atoms with Crippen LogP contribution in [0, 0.1) is 25.7 Å². The van der Waals surface area contributed by atoms with Crippen molar-refractivity contribution in [3.63, 3.8) is 0 Å². The van der Waals surface area contributed by atoms with Crippen molar-refractivity contribution in [3.05, 3.63) is 17.3 Å². The summed E-state index contributed by atoms with van der Waals surface area (Å²) in [5, 5.41) is 3.60. The van der Waals surface area contributed by atoms with E-state index in [0.29, 0.717) is 5.92 Å². The number of hydrogen-bond acceptors (Lipinski definition) is 5. The highest BCUT2D eigenvalue weighted by atomic mass is 127. The zero-order chi connectivity index (χ0) is 20.6. The maximum Gasteiger partial charge on any atom is 0.208 e. The zero-order valence-corrected chi connectivity index (χ0v) is 21.5. The molecule has 1 aromatic heterocycles. The van der Waals surface area contributed by atoms with Gasteiger partial charge >= 0.3 is 0 Å². The molecule has 0 aromatic carbocycles. The van der Waals surface area contributed by atoms with Gasteiger partial charge in [0.25, 0.3) is 0 Å². The number of aromatic nitrogens is 1. The third-order valence-corrected chi connectivity index (χ3v) is 6.47. The number of likely N-dealkylation sites (tertiary alicyclic amines) is 1. The number of hydrogen-bond donors (Lipinski definition) is 1.